The highest BCUT2D eigenvalue weighted by Gasteiger charge is 2.16. The Labute approximate surface area is 136 Å². The standard InChI is InChI=1S/C18H21N5/c19-21-20-18-8-6-17(7-9-18)15-23-12-10-22(11-13-23)14-16-4-2-1-3-5-16/h1-9H,10-15H2. The van der Waals surface area contributed by atoms with Gasteiger partial charge < -0.3 is 0 Å². The SMILES string of the molecule is [N-]=[N+]=Nc1ccc(CN2CCN(Cc3ccccc3)CC2)cc1. The first-order valence-corrected chi connectivity index (χ1v) is 7.96. The van der Waals surface area contributed by atoms with Crippen LogP contribution in [0.4, 0.5) is 5.69 Å². The van der Waals surface area contributed by atoms with Crippen molar-refractivity contribution in [1.29, 1.82) is 0 Å². The van der Waals surface area contributed by atoms with Gasteiger partial charge in [-0.25, -0.2) is 0 Å². The zero-order chi connectivity index (χ0) is 15.9. The second-order valence-corrected chi connectivity index (χ2v) is 5.89. The lowest BCUT2D eigenvalue weighted by atomic mass is 10.1. The second-order valence-electron chi connectivity index (χ2n) is 5.89. The molecule has 3 rings (SSSR count). The summed E-state index contributed by atoms with van der Waals surface area (Å²) in [6.07, 6.45) is 0. The number of piperazine rings is 1. The zero-order valence-corrected chi connectivity index (χ0v) is 13.2. The summed E-state index contributed by atoms with van der Waals surface area (Å²) in [5, 5.41) is 3.60. The predicted molar refractivity (Wildman–Crippen MR) is 92.2 cm³/mol. The second kappa shape index (κ2) is 7.79. The minimum atomic E-state index is 0.670. The first kappa shape index (κ1) is 15.6. The Bertz CT molecular complexity index is 654. The minimum Gasteiger partial charge on any atom is -0.297 e. The van der Waals surface area contributed by atoms with E-state index in [-0.39, 0.29) is 0 Å². The normalized spacial score (nSPS) is 16.0. The molecule has 1 aliphatic rings. The molecule has 0 amide bonds. The Morgan fingerprint density at radius 3 is 1.83 bits per heavy atom. The maximum absolute atomic E-state index is 8.43. The molecule has 0 aliphatic carbocycles. The molecular weight excluding hydrogens is 286 g/mol. The van der Waals surface area contributed by atoms with Crippen molar-refractivity contribution < 1.29 is 0 Å². The van der Waals surface area contributed by atoms with E-state index in [9.17, 15) is 0 Å². The van der Waals surface area contributed by atoms with Gasteiger partial charge >= 0.3 is 0 Å². The van der Waals surface area contributed by atoms with Crippen LogP contribution in [0.1, 0.15) is 11.1 Å². The molecule has 0 saturated carbocycles. The molecule has 0 bridgehead atoms. The van der Waals surface area contributed by atoms with E-state index in [4.69, 9.17) is 5.53 Å². The fourth-order valence-corrected chi connectivity index (χ4v) is 2.93. The van der Waals surface area contributed by atoms with Gasteiger partial charge in [0.25, 0.3) is 0 Å². The van der Waals surface area contributed by atoms with Gasteiger partial charge in [0.2, 0.25) is 0 Å². The average Bonchev–Trinajstić information content (AvgIpc) is 2.60. The highest BCUT2D eigenvalue weighted by Crippen LogP contribution is 2.16. The van der Waals surface area contributed by atoms with Gasteiger partial charge in [0, 0.05) is 49.9 Å². The largest absolute Gasteiger partial charge is 0.297 e. The van der Waals surface area contributed by atoms with Gasteiger partial charge in [-0.05, 0) is 16.7 Å². The van der Waals surface area contributed by atoms with Gasteiger partial charge in [-0.1, -0.05) is 59.7 Å². The minimum absolute atomic E-state index is 0.670. The van der Waals surface area contributed by atoms with Gasteiger partial charge in [-0.2, -0.15) is 0 Å². The topological polar surface area (TPSA) is 55.2 Å². The van der Waals surface area contributed by atoms with Crippen molar-refractivity contribution in [2.75, 3.05) is 26.2 Å². The van der Waals surface area contributed by atoms with Crippen molar-refractivity contribution in [3.8, 4) is 0 Å². The Morgan fingerprint density at radius 2 is 1.30 bits per heavy atom. The highest BCUT2D eigenvalue weighted by atomic mass is 15.3. The van der Waals surface area contributed by atoms with Gasteiger partial charge in [0.15, 0.2) is 0 Å². The first-order chi connectivity index (χ1) is 11.3. The zero-order valence-electron chi connectivity index (χ0n) is 13.2. The van der Waals surface area contributed by atoms with Gasteiger partial charge in [0.1, 0.15) is 0 Å². The molecule has 2 aromatic rings. The number of benzene rings is 2. The first-order valence-electron chi connectivity index (χ1n) is 7.96. The molecule has 0 unspecified atom stereocenters. The number of nitrogens with zero attached hydrogens (tertiary/aromatic N) is 5. The molecule has 1 saturated heterocycles. The average molecular weight is 307 g/mol. The maximum Gasteiger partial charge on any atom is 0.0375 e. The van der Waals surface area contributed by atoms with E-state index in [2.05, 4.69) is 50.2 Å². The van der Waals surface area contributed by atoms with Crippen LogP contribution in [0.5, 0.6) is 0 Å². The molecule has 0 aromatic heterocycles. The van der Waals surface area contributed by atoms with E-state index in [0.29, 0.717) is 5.69 Å². The maximum atomic E-state index is 8.43. The van der Waals surface area contributed by atoms with Crippen LogP contribution in [-0.2, 0) is 13.1 Å². The third kappa shape index (κ3) is 4.57. The van der Waals surface area contributed by atoms with Crippen LogP contribution in [-0.4, -0.2) is 36.0 Å². The van der Waals surface area contributed by atoms with Crippen molar-refractivity contribution in [3.63, 3.8) is 0 Å². The van der Waals surface area contributed by atoms with E-state index in [1.807, 2.05) is 24.3 Å². The van der Waals surface area contributed by atoms with Crippen LogP contribution in [0.2, 0.25) is 0 Å². The van der Waals surface area contributed by atoms with Crippen LogP contribution < -0.4 is 0 Å². The number of hydrogen-bond acceptors (Lipinski definition) is 3. The van der Waals surface area contributed by atoms with Gasteiger partial charge in [0.05, 0.1) is 0 Å². The van der Waals surface area contributed by atoms with Crippen molar-refractivity contribution in [2.24, 2.45) is 5.11 Å². The molecule has 1 aliphatic heterocycles. The summed E-state index contributed by atoms with van der Waals surface area (Å²) in [7, 11) is 0. The summed E-state index contributed by atoms with van der Waals surface area (Å²) in [6.45, 7) is 6.37. The van der Waals surface area contributed by atoms with E-state index in [0.717, 1.165) is 39.3 Å². The Balaban J connectivity index is 1.48. The molecule has 2 aromatic carbocycles. The van der Waals surface area contributed by atoms with Crippen LogP contribution >= 0.6 is 0 Å². The van der Waals surface area contributed by atoms with Gasteiger partial charge in [-0.3, -0.25) is 9.80 Å². The Kier molecular flexibility index (Phi) is 5.27. The smallest absolute Gasteiger partial charge is 0.0375 e. The third-order valence-corrected chi connectivity index (χ3v) is 4.22. The predicted octanol–water partition coefficient (Wildman–Crippen LogP) is 3.95. The van der Waals surface area contributed by atoms with Gasteiger partial charge in [-0.15, -0.1) is 0 Å². The third-order valence-electron chi connectivity index (χ3n) is 4.22. The van der Waals surface area contributed by atoms with Crippen molar-refractivity contribution >= 4 is 5.69 Å². The lowest BCUT2D eigenvalue weighted by Crippen LogP contribution is -2.45. The molecule has 1 fully saturated rings. The van der Waals surface area contributed by atoms with Crippen molar-refractivity contribution in [3.05, 3.63) is 76.2 Å². The van der Waals surface area contributed by atoms with E-state index >= 15 is 0 Å². The quantitative estimate of drug-likeness (QED) is 0.477. The number of hydrogen-bond donors (Lipinski definition) is 0. The summed E-state index contributed by atoms with van der Waals surface area (Å²) in [5.41, 5.74) is 11.7. The summed E-state index contributed by atoms with van der Waals surface area (Å²) in [6, 6.07) is 18.5. The lowest BCUT2D eigenvalue weighted by Gasteiger charge is -2.34. The Morgan fingerprint density at radius 1 is 0.783 bits per heavy atom. The van der Waals surface area contributed by atoms with Crippen molar-refractivity contribution in [1.82, 2.24) is 9.80 Å². The highest BCUT2D eigenvalue weighted by molar-refractivity contribution is 5.38. The van der Waals surface area contributed by atoms with Crippen LogP contribution in [0.25, 0.3) is 10.4 Å². The monoisotopic (exact) mass is 307 g/mol. The molecule has 118 valence electrons. The van der Waals surface area contributed by atoms with Crippen LogP contribution in [0.15, 0.2) is 59.7 Å². The van der Waals surface area contributed by atoms with Crippen molar-refractivity contribution in [2.45, 2.75) is 13.1 Å². The summed E-state index contributed by atoms with van der Waals surface area (Å²) >= 11 is 0. The molecule has 0 spiro atoms. The molecule has 5 heteroatoms. The van der Waals surface area contributed by atoms with E-state index < -0.39 is 0 Å². The van der Waals surface area contributed by atoms with Crippen LogP contribution in [0.3, 0.4) is 0 Å². The molecule has 0 atom stereocenters. The fourth-order valence-electron chi connectivity index (χ4n) is 2.93. The summed E-state index contributed by atoms with van der Waals surface area (Å²) in [5.74, 6) is 0. The molecule has 23 heavy (non-hydrogen) atoms. The molecule has 0 N–H and O–H groups in total. The van der Waals surface area contributed by atoms with E-state index in [1.165, 1.54) is 11.1 Å². The summed E-state index contributed by atoms with van der Waals surface area (Å²) < 4.78 is 0. The molecular formula is C18H21N5. The molecule has 1 heterocycles. The number of rotatable bonds is 5. The Hall–Kier alpha value is -2.33. The molecule has 0 radical (unpaired) electrons. The molecule has 5 nitrogen and oxygen atoms in total. The summed E-state index contributed by atoms with van der Waals surface area (Å²) in [4.78, 5) is 7.79. The van der Waals surface area contributed by atoms with Crippen LogP contribution in [0, 0.1) is 0 Å². The lowest BCUT2D eigenvalue weighted by molar-refractivity contribution is 0.122. The van der Waals surface area contributed by atoms with E-state index in [1.54, 1.807) is 0 Å². The fraction of sp³-hybridized carbons (Fsp3) is 0.333. The number of azide groups is 1.